The Kier molecular flexibility index (Phi) is 6.07. The molecule has 19 heavy (non-hydrogen) atoms. The summed E-state index contributed by atoms with van der Waals surface area (Å²) >= 11 is 1.28. The molecular formula is C11H17N5O2S. The summed E-state index contributed by atoms with van der Waals surface area (Å²) in [7, 11) is 3.12. The van der Waals surface area contributed by atoms with Gasteiger partial charge in [-0.05, 0) is 0 Å². The Labute approximate surface area is 116 Å². The predicted octanol–water partition coefficient (Wildman–Crippen LogP) is -0.239. The Morgan fingerprint density at radius 3 is 3.00 bits per heavy atom. The molecule has 0 bridgehead atoms. The lowest BCUT2D eigenvalue weighted by atomic mass is 10.5. The number of nitrogens with zero attached hydrogens (tertiary/aromatic N) is 4. The molecule has 2 amide bonds. The van der Waals surface area contributed by atoms with Crippen LogP contribution in [0.3, 0.4) is 0 Å². The van der Waals surface area contributed by atoms with Gasteiger partial charge in [-0.1, -0.05) is 17.8 Å². The average molecular weight is 283 g/mol. The summed E-state index contributed by atoms with van der Waals surface area (Å²) < 4.78 is 1.80. The summed E-state index contributed by atoms with van der Waals surface area (Å²) in [4.78, 5) is 24.3. The van der Waals surface area contributed by atoms with Gasteiger partial charge in [0.2, 0.25) is 11.8 Å². The van der Waals surface area contributed by atoms with Crippen molar-refractivity contribution in [3.8, 4) is 0 Å². The summed E-state index contributed by atoms with van der Waals surface area (Å²) in [6.45, 7) is 4.28. The molecule has 1 aromatic rings. The van der Waals surface area contributed by atoms with E-state index in [1.165, 1.54) is 23.7 Å². The molecule has 1 rings (SSSR count). The van der Waals surface area contributed by atoms with E-state index < -0.39 is 0 Å². The second-order valence-corrected chi connectivity index (χ2v) is 4.71. The van der Waals surface area contributed by atoms with Crippen molar-refractivity contribution < 1.29 is 9.59 Å². The fourth-order valence-corrected chi connectivity index (χ4v) is 2.10. The van der Waals surface area contributed by atoms with Crippen molar-refractivity contribution in [2.24, 2.45) is 0 Å². The minimum absolute atomic E-state index is 0.0508. The van der Waals surface area contributed by atoms with E-state index in [0.717, 1.165) is 0 Å². The van der Waals surface area contributed by atoms with Crippen molar-refractivity contribution in [1.82, 2.24) is 25.0 Å². The summed E-state index contributed by atoms with van der Waals surface area (Å²) in [5.41, 5.74) is 0. The highest BCUT2D eigenvalue weighted by Gasteiger charge is 2.14. The van der Waals surface area contributed by atoms with E-state index in [2.05, 4.69) is 22.1 Å². The molecule has 8 heteroatoms. The fourth-order valence-electron chi connectivity index (χ4n) is 1.24. The van der Waals surface area contributed by atoms with Gasteiger partial charge >= 0.3 is 0 Å². The molecule has 0 aliphatic rings. The zero-order valence-corrected chi connectivity index (χ0v) is 11.8. The molecule has 104 valence electrons. The minimum Gasteiger partial charge on any atom is -0.358 e. The maximum absolute atomic E-state index is 11.8. The number of carbonyl (C=O) groups excluding carboxylic acids is 2. The summed E-state index contributed by atoms with van der Waals surface area (Å²) in [5.74, 6) is -0.124. The van der Waals surface area contributed by atoms with Gasteiger partial charge in [-0.25, -0.2) is 0 Å². The van der Waals surface area contributed by atoms with E-state index in [-0.39, 0.29) is 24.1 Å². The number of amides is 2. The first-order valence-corrected chi connectivity index (χ1v) is 6.63. The molecular weight excluding hydrogens is 266 g/mol. The van der Waals surface area contributed by atoms with Crippen LogP contribution in [-0.2, 0) is 16.1 Å². The molecule has 0 spiro atoms. The van der Waals surface area contributed by atoms with Crippen molar-refractivity contribution >= 4 is 23.6 Å². The number of carbonyl (C=O) groups is 2. The van der Waals surface area contributed by atoms with Crippen LogP contribution >= 0.6 is 11.8 Å². The van der Waals surface area contributed by atoms with E-state index in [1.54, 1.807) is 24.0 Å². The molecule has 0 atom stereocenters. The van der Waals surface area contributed by atoms with E-state index in [4.69, 9.17) is 0 Å². The van der Waals surface area contributed by atoms with Crippen LogP contribution in [0.1, 0.15) is 0 Å². The van der Waals surface area contributed by atoms with Crippen LogP contribution in [0.5, 0.6) is 0 Å². The second-order valence-electron chi connectivity index (χ2n) is 3.77. The quantitative estimate of drug-likeness (QED) is 0.552. The van der Waals surface area contributed by atoms with E-state index >= 15 is 0 Å². The molecule has 1 N–H and O–H groups in total. The number of allylic oxidation sites excluding steroid dienone is 1. The van der Waals surface area contributed by atoms with Crippen molar-refractivity contribution in [2.45, 2.75) is 11.7 Å². The molecule has 0 saturated heterocycles. The number of hydrogen-bond donors (Lipinski definition) is 1. The van der Waals surface area contributed by atoms with Crippen molar-refractivity contribution in [3.05, 3.63) is 19.0 Å². The molecule has 1 heterocycles. The highest BCUT2D eigenvalue weighted by molar-refractivity contribution is 7.99. The molecule has 0 aliphatic heterocycles. The lowest BCUT2D eigenvalue weighted by molar-refractivity contribution is -0.132. The molecule has 1 aromatic heterocycles. The SMILES string of the molecule is C=CCn1cnnc1SCC(=O)N(C)CC(=O)NC. The lowest BCUT2D eigenvalue weighted by Gasteiger charge is -2.15. The van der Waals surface area contributed by atoms with Crippen LogP contribution in [0.4, 0.5) is 0 Å². The number of thioether (sulfide) groups is 1. The number of likely N-dealkylation sites (N-methyl/N-ethyl adjacent to an activating group) is 2. The van der Waals surface area contributed by atoms with Crippen LogP contribution in [0, 0.1) is 0 Å². The third-order valence-electron chi connectivity index (χ3n) is 2.32. The molecule has 0 radical (unpaired) electrons. The van der Waals surface area contributed by atoms with Crippen LogP contribution in [-0.4, -0.2) is 57.9 Å². The third kappa shape index (κ3) is 4.74. The third-order valence-corrected chi connectivity index (χ3v) is 3.28. The van der Waals surface area contributed by atoms with Crippen LogP contribution in [0.25, 0.3) is 0 Å². The van der Waals surface area contributed by atoms with E-state index in [9.17, 15) is 9.59 Å². The maximum atomic E-state index is 11.8. The van der Waals surface area contributed by atoms with Gasteiger partial charge in [0.05, 0.1) is 12.3 Å². The fraction of sp³-hybridized carbons (Fsp3) is 0.455. The number of hydrogen-bond acceptors (Lipinski definition) is 5. The largest absolute Gasteiger partial charge is 0.358 e. The highest BCUT2D eigenvalue weighted by atomic mass is 32.2. The Morgan fingerprint density at radius 2 is 2.37 bits per heavy atom. The van der Waals surface area contributed by atoms with Gasteiger partial charge in [0, 0.05) is 20.6 Å². The van der Waals surface area contributed by atoms with Crippen LogP contribution in [0.15, 0.2) is 24.1 Å². The monoisotopic (exact) mass is 283 g/mol. The Morgan fingerprint density at radius 1 is 1.63 bits per heavy atom. The van der Waals surface area contributed by atoms with Crippen molar-refractivity contribution in [3.63, 3.8) is 0 Å². The van der Waals surface area contributed by atoms with Crippen molar-refractivity contribution in [2.75, 3.05) is 26.4 Å². The Bertz CT molecular complexity index is 460. The second kappa shape index (κ2) is 7.57. The van der Waals surface area contributed by atoms with Gasteiger partial charge in [-0.3, -0.25) is 9.59 Å². The maximum Gasteiger partial charge on any atom is 0.239 e. The van der Waals surface area contributed by atoms with E-state index in [0.29, 0.717) is 11.7 Å². The first-order valence-electron chi connectivity index (χ1n) is 5.64. The number of aromatic nitrogens is 3. The smallest absolute Gasteiger partial charge is 0.239 e. The topological polar surface area (TPSA) is 80.1 Å². The Balaban J connectivity index is 2.47. The summed E-state index contributed by atoms with van der Waals surface area (Å²) in [5, 5.41) is 10.8. The summed E-state index contributed by atoms with van der Waals surface area (Å²) in [6.07, 6.45) is 3.32. The zero-order chi connectivity index (χ0) is 14.3. The van der Waals surface area contributed by atoms with E-state index in [1.807, 2.05) is 0 Å². The molecule has 0 fully saturated rings. The van der Waals surface area contributed by atoms with Gasteiger partial charge in [-0.2, -0.15) is 0 Å². The van der Waals surface area contributed by atoms with Gasteiger partial charge in [0.1, 0.15) is 6.33 Å². The number of nitrogens with one attached hydrogen (secondary N) is 1. The summed E-state index contributed by atoms with van der Waals surface area (Å²) in [6, 6.07) is 0. The number of rotatable bonds is 7. The first-order chi connectivity index (χ1) is 9.08. The molecule has 7 nitrogen and oxygen atoms in total. The molecule has 0 aromatic carbocycles. The molecule has 0 aliphatic carbocycles. The average Bonchev–Trinajstić information content (AvgIpc) is 2.83. The predicted molar refractivity (Wildman–Crippen MR) is 72.6 cm³/mol. The minimum atomic E-state index is -0.198. The molecule has 0 unspecified atom stereocenters. The van der Waals surface area contributed by atoms with Gasteiger partial charge in [0.25, 0.3) is 0 Å². The zero-order valence-electron chi connectivity index (χ0n) is 11.0. The highest BCUT2D eigenvalue weighted by Crippen LogP contribution is 2.14. The van der Waals surface area contributed by atoms with Gasteiger partial charge in [0.15, 0.2) is 5.16 Å². The lowest BCUT2D eigenvalue weighted by Crippen LogP contribution is -2.37. The normalized spacial score (nSPS) is 10.0. The Hall–Kier alpha value is -1.83. The van der Waals surface area contributed by atoms with Gasteiger partial charge in [-0.15, -0.1) is 16.8 Å². The molecule has 0 saturated carbocycles. The first kappa shape index (κ1) is 15.2. The van der Waals surface area contributed by atoms with Crippen LogP contribution in [0.2, 0.25) is 0 Å². The van der Waals surface area contributed by atoms with Crippen molar-refractivity contribution in [1.29, 1.82) is 0 Å². The van der Waals surface area contributed by atoms with Crippen LogP contribution < -0.4 is 5.32 Å². The standard InChI is InChI=1S/C11H17N5O2S/c1-4-5-16-8-13-14-11(16)19-7-10(18)15(3)6-9(17)12-2/h4,8H,1,5-7H2,2-3H3,(H,12,17). The van der Waals surface area contributed by atoms with Gasteiger partial charge < -0.3 is 14.8 Å².